The third-order valence-corrected chi connectivity index (χ3v) is 1.84. The van der Waals surface area contributed by atoms with Crippen LogP contribution in [-0.2, 0) is 4.79 Å². The van der Waals surface area contributed by atoms with Crippen molar-refractivity contribution in [1.82, 2.24) is 0 Å². The monoisotopic (exact) mass is 145 g/mol. The van der Waals surface area contributed by atoms with Crippen LogP contribution in [-0.4, -0.2) is 17.1 Å². The van der Waals surface area contributed by atoms with Crippen molar-refractivity contribution in [3.63, 3.8) is 0 Å². The van der Waals surface area contributed by atoms with Crippen LogP contribution in [0, 0.1) is 11.8 Å². The maximum absolute atomic E-state index is 10.4. The molecule has 0 aromatic heterocycles. The second-order valence-electron chi connectivity index (χ2n) is 2.95. The molecule has 3 N–H and O–H groups in total. The fourth-order valence-electron chi connectivity index (χ4n) is 0.624. The van der Waals surface area contributed by atoms with Gasteiger partial charge in [0.05, 0.1) is 0 Å². The van der Waals surface area contributed by atoms with Crippen molar-refractivity contribution in [3.05, 3.63) is 0 Å². The maximum Gasteiger partial charge on any atom is 0.246 e. The van der Waals surface area contributed by atoms with Gasteiger partial charge in [0.2, 0.25) is 5.91 Å². The number of carbonyl (C=O) groups excluding carboxylic acids is 1. The molecule has 1 amide bonds. The molecule has 0 fully saturated rings. The molecule has 0 heterocycles. The molecule has 0 radical (unpaired) electrons. The highest BCUT2D eigenvalue weighted by molar-refractivity contribution is 5.78. The van der Waals surface area contributed by atoms with Crippen molar-refractivity contribution in [3.8, 4) is 0 Å². The quantitative estimate of drug-likeness (QED) is 0.592. The van der Waals surface area contributed by atoms with Gasteiger partial charge < -0.3 is 10.8 Å². The lowest BCUT2D eigenvalue weighted by atomic mass is 9.92. The standard InChI is InChI=1S/C7H15NO2/c1-4(2)5(3)6(9)7(8)10/h4-6,9H,1-3H3,(H2,8,10)/t5-,6+/m0/s1. The van der Waals surface area contributed by atoms with Gasteiger partial charge in [-0.1, -0.05) is 20.8 Å². The second kappa shape index (κ2) is 3.56. The van der Waals surface area contributed by atoms with Crippen molar-refractivity contribution < 1.29 is 9.90 Å². The van der Waals surface area contributed by atoms with Crippen molar-refractivity contribution in [1.29, 1.82) is 0 Å². The first-order valence-electron chi connectivity index (χ1n) is 3.44. The molecule has 0 aliphatic carbocycles. The first kappa shape index (κ1) is 9.43. The molecule has 3 heteroatoms. The fraction of sp³-hybridized carbons (Fsp3) is 0.857. The van der Waals surface area contributed by atoms with Crippen LogP contribution in [0.25, 0.3) is 0 Å². The Kier molecular flexibility index (Phi) is 3.36. The average molecular weight is 145 g/mol. The van der Waals surface area contributed by atoms with Gasteiger partial charge in [0.25, 0.3) is 0 Å². The summed E-state index contributed by atoms with van der Waals surface area (Å²) in [5, 5.41) is 9.09. The third kappa shape index (κ3) is 2.35. The molecule has 0 saturated carbocycles. The number of primary amides is 1. The Balaban J connectivity index is 3.94. The van der Waals surface area contributed by atoms with Gasteiger partial charge in [-0.2, -0.15) is 0 Å². The van der Waals surface area contributed by atoms with E-state index in [4.69, 9.17) is 10.8 Å². The Morgan fingerprint density at radius 1 is 1.40 bits per heavy atom. The molecule has 0 rings (SSSR count). The van der Waals surface area contributed by atoms with E-state index in [0.717, 1.165) is 0 Å². The zero-order chi connectivity index (χ0) is 8.31. The normalized spacial score (nSPS) is 16.9. The van der Waals surface area contributed by atoms with Crippen LogP contribution >= 0.6 is 0 Å². The van der Waals surface area contributed by atoms with E-state index in [1.54, 1.807) is 6.92 Å². The van der Waals surface area contributed by atoms with Crippen LogP contribution in [0.1, 0.15) is 20.8 Å². The fourth-order valence-corrected chi connectivity index (χ4v) is 0.624. The lowest BCUT2D eigenvalue weighted by Gasteiger charge is -2.18. The molecule has 0 aromatic rings. The van der Waals surface area contributed by atoms with Crippen molar-refractivity contribution >= 4 is 5.91 Å². The minimum absolute atomic E-state index is 0.0579. The third-order valence-electron chi connectivity index (χ3n) is 1.84. The number of amides is 1. The van der Waals surface area contributed by atoms with E-state index in [9.17, 15) is 4.79 Å². The Bertz CT molecular complexity index is 123. The topological polar surface area (TPSA) is 63.3 Å². The molecule has 0 saturated heterocycles. The first-order chi connectivity index (χ1) is 4.46. The van der Waals surface area contributed by atoms with Crippen molar-refractivity contribution in [2.75, 3.05) is 0 Å². The van der Waals surface area contributed by atoms with Gasteiger partial charge in [0.1, 0.15) is 6.10 Å². The summed E-state index contributed by atoms with van der Waals surface area (Å²) in [7, 11) is 0. The van der Waals surface area contributed by atoms with Crippen LogP contribution in [0.3, 0.4) is 0 Å². The van der Waals surface area contributed by atoms with E-state index in [2.05, 4.69) is 0 Å². The Hall–Kier alpha value is -0.570. The highest BCUT2D eigenvalue weighted by Gasteiger charge is 2.21. The van der Waals surface area contributed by atoms with E-state index in [0.29, 0.717) is 0 Å². The van der Waals surface area contributed by atoms with Crippen LogP contribution < -0.4 is 5.73 Å². The van der Waals surface area contributed by atoms with Crippen LogP contribution in [0.2, 0.25) is 0 Å². The number of nitrogens with two attached hydrogens (primary N) is 1. The highest BCUT2D eigenvalue weighted by atomic mass is 16.3. The minimum atomic E-state index is -1.00. The van der Waals surface area contributed by atoms with Gasteiger partial charge in [0.15, 0.2) is 0 Å². The predicted molar refractivity (Wildman–Crippen MR) is 39.2 cm³/mol. The summed E-state index contributed by atoms with van der Waals surface area (Å²) in [6.07, 6.45) is -1.00. The minimum Gasteiger partial charge on any atom is -0.383 e. The van der Waals surface area contributed by atoms with E-state index < -0.39 is 12.0 Å². The van der Waals surface area contributed by atoms with Crippen LogP contribution in [0.5, 0.6) is 0 Å². The largest absolute Gasteiger partial charge is 0.383 e. The molecule has 0 aliphatic heterocycles. The smallest absolute Gasteiger partial charge is 0.246 e. The van der Waals surface area contributed by atoms with E-state index in [1.165, 1.54) is 0 Å². The maximum atomic E-state index is 10.4. The molecule has 0 spiro atoms. The molecule has 0 aliphatic rings. The number of hydrogen-bond donors (Lipinski definition) is 2. The van der Waals surface area contributed by atoms with Gasteiger partial charge in [0, 0.05) is 0 Å². The van der Waals surface area contributed by atoms with Crippen LogP contribution in [0.15, 0.2) is 0 Å². The van der Waals surface area contributed by atoms with E-state index >= 15 is 0 Å². The first-order valence-corrected chi connectivity index (χ1v) is 3.44. The SMILES string of the molecule is CC(C)[C@H](C)[C@@H](O)C(N)=O. The summed E-state index contributed by atoms with van der Waals surface area (Å²) in [6, 6.07) is 0. The number of hydrogen-bond acceptors (Lipinski definition) is 2. The molecule has 3 nitrogen and oxygen atoms in total. The van der Waals surface area contributed by atoms with Gasteiger partial charge in [-0.25, -0.2) is 0 Å². The Labute approximate surface area is 61.2 Å². The molecule has 60 valence electrons. The zero-order valence-electron chi connectivity index (χ0n) is 6.66. The number of rotatable bonds is 3. The van der Waals surface area contributed by atoms with E-state index in [1.807, 2.05) is 13.8 Å². The lowest BCUT2D eigenvalue weighted by molar-refractivity contribution is -0.129. The van der Waals surface area contributed by atoms with Gasteiger partial charge >= 0.3 is 0 Å². The summed E-state index contributed by atoms with van der Waals surface area (Å²) in [4.78, 5) is 10.4. The average Bonchev–Trinajstić information content (AvgIpc) is 1.84. The van der Waals surface area contributed by atoms with Crippen LogP contribution in [0.4, 0.5) is 0 Å². The lowest BCUT2D eigenvalue weighted by Crippen LogP contribution is -2.36. The molecule has 0 aromatic carbocycles. The van der Waals surface area contributed by atoms with Crippen molar-refractivity contribution in [2.24, 2.45) is 17.6 Å². The zero-order valence-corrected chi connectivity index (χ0v) is 6.66. The Morgan fingerprint density at radius 3 is 1.90 bits per heavy atom. The summed E-state index contributed by atoms with van der Waals surface area (Å²) >= 11 is 0. The number of aliphatic hydroxyl groups is 1. The number of aliphatic hydroxyl groups excluding tert-OH is 1. The Morgan fingerprint density at radius 2 is 1.80 bits per heavy atom. The molecule has 0 bridgehead atoms. The predicted octanol–water partition coefficient (Wildman–Crippen LogP) is 0.125. The van der Waals surface area contributed by atoms with Gasteiger partial charge in [-0.3, -0.25) is 4.79 Å². The summed E-state index contributed by atoms with van der Waals surface area (Å²) in [5.41, 5.74) is 4.89. The number of carbonyl (C=O) groups is 1. The summed E-state index contributed by atoms with van der Waals surface area (Å²) in [5.74, 6) is -0.416. The molecule has 10 heavy (non-hydrogen) atoms. The highest BCUT2D eigenvalue weighted by Crippen LogP contribution is 2.13. The summed E-state index contributed by atoms with van der Waals surface area (Å²) < 4.78 is 0. The molecule has 0 unspecified atom stereocenters. The van der Waals surface area contributed by atoms with Crippen molar-refractivity contribution in [2.45, 2.75) is 26.9 Å². The van der Waals surface area contributed by atoms with E-state index in [-0.39, 0.29) is 11.8 Å². The molecular formula is C7H15NO2. The molecule has 2 atom stereocenters. The molecular weight excluding hydrogens is 130 g/mol. The van der Waals surface area contributed by atoms with Gasteiger partial charge in [-0.05, 0) is 11.8 Å². The van der Waals surface area contributed by atoms with Gasteiger partial charge in [-0.15, -0.1) is 0 Å². The second-order valence-corrected chi connectivity index (χ2v) is 2.95. The summed E-state index contributed by atoms with van der Waals surface area (Å²) in [6.45, 7) is 5.69.